The van der Waals surface area contributed by atoms with Gasteiger partial charge in [-0.3, -0.25) is 4.79 Å². The van der Waals surface area contributed by atoms with Gasteiger partial charge in [0.15, 0.2) is 0 Å². The summed E-state index contributed by atoms with van der Waals surface area (Å²) in [7, 11) is 2.54. The van der Waals surface area contributed by atoms with E-state index in [1.807, 2.05) is 48.7 Å². The number of primary amides is 1. The van der Waals surface area contributed by atoms with Crippen molar-refractivity contribution in [3.63, 3.8) is 0 Å². The SMILES string of the molecule is COC(=O)c1c(C(=O)OC)c(C(C)C)n(CCC(N)=O)c1Cc1ccccc1. The number of nitrogens with zero attached hydrogens (tertiary/aromatic N) is 1. The first-order valence-corrected chi connectivity index (χ1v) is 9.05. The molecule has 0 bridgehead atoms. The fourth-order valence-electron chi connectivity index (χ4n) is 3.37. The van der Waals surface area contributed by atoms with Gasteiger partial charge in [-0.05, 0) is 11.5 Å². The molecule has 0 aliphatic heterocycles. The van der Waals surface area contributed by atoms with Crippen molar-refractivity contribution in [1.82, 2.24) is 4.57 Å². The molecule has 0 atom stereocenters. The first-order chi connectivity index (χ1) is 13.3. The Labute approximate surface area is 164 Å². The lowest BCUT2D eigenvalue weighted by Crippen LogP contribution is -2.18. The van der Waals surface area contributed by atoms with Crippen LogP contribution in [0.25, 0.3) is 0 Å². The van der Waals surface area contributed by atoms with E-state index in [4.69, 9.17) is 15.2 Å². The van der Waals surface area contributed by atoms with Crippen LogP contribution < -0.4 is 5.73 Å². The Hall–Kier alpha value is -3.09. The molecule has 2 rings (SSSR count). The maximum atomic E-state index is 12.7. The quantitative estimate of drug-likeness (QED) is 0.703. The Morgan fingerprint density at radius 2 is 1.57 bits per heavy atom. The Balaban J connectivity index is 2.80. The van der Waals surface area contributed by atoms with E-state index >= 15 is 0 Å². The van der Waals surface area contributed by atoms with Gasteiger partial charge in [-0.25, -0.2) is 9.59 Å². The lowest BCUT2D eigenvalue weighted by Gasteiger charge is -2.16. The molecular formula is C21H26N2O5. The number of amides is 1. The molecule has 0 saturated carbocycles. The second-order valence-corrected chi connectivity index (χ2v) is 6.75. The Morgan fingerprint density at radius 1 is 1.00 bits per heavy atom. The predicted molar refractivity (Wildman–Crippen MR) is 104 cm³/mol. The van der Waals surface area contributed by atoms with E-state index in [2.05, 4.69) is 0 Å². The summed E-state index contributed by atoms with van der Waals surface area (Å²) in [4.78, 5) is 36.7. The molecule has 1 aromatic carbocycles. The van der Waals surface area contributed by atoms with Gasteiger partial charge in [-0.1, -0.05) is 44.2 Å². The van der Waals surface area contributed by atoms with Crippen molar-refractivity contribution < 1.29 is 23.9 Å². The molecule has 1 aromatic heterocycles. The summed E-state index contributed by atoms with van der Waals surface area (Å²) in [6.45, 7) is 4.08. The number of benzene rings is 1. The topological polar surface area (TPSA) is 101 Å². The smallest absolute Gasteiger partial charge is 0.340 e. The highest BCUT2D eigenvalue weighted by Gasteiger charge is 2.33. The summed E-state index contributed by atoms with van der Waals surface area (Å²) >= 11 is 0. The van der Waals surface area contributed by atoms with Crippen LogP contribution in [0.3, 0.4) is 0 Å². The van der Waals surface area contributed by atoms with Gasteiger partial charge in [-0.2, -0.15) is 0 Å². The highest BCUT2D eigenvalue weighted by atomic mass is 16.5. The van der Waals surface area contributed by atoms with Gasteiger partial charge in [-0.15, -0.1) is 0 Å². The number of carbonyl (C=O) groups is 3. The second kappa shape index (κ2) is 9.21. The van der Waals surface area contributed by atoms with E-state index in [1.165, 1.54) is 14.2 Å². The summed E-state index contributed by atoms with van der Waals surface area (Å²) in [6, 6.07) is 9.55. The molecule has 28 heavy (non-hydrogen) atoms. The molecule has 0 radical (unpaired) electrons. The fraction of sp³-hybridized carbons (Fsp3) is 0.381. The van der Waals surface area contributed by atoms with Gasteiger partial charge in [0.05, 0.1) is 25.3 Å². The first-order valence-electron chi connectivity index (χ1n) is 9.05. The van der Waals surface area contributed by atoms with Crippen molar-refractivity contribution in [3.8, 4) is 0 Å². The highest BCUT2D eigenvalue weighted by Crippen LogP contribution is 2.32. The molecule has 0 fully saturated rings. The number of rotatable bonds is 8. The summed E-state index contributed by atoms with van der Waals surface area (Å²) in [5.74, 6) is -1.80. The van der Waals surface area contributed by atoms with Gasteiger partial charge >= 0.3 is 11.9 Å². The normalized spacial score (nSPS) is 10.8. The molecule has 2 aromatic rings. The van der Waals surface area contributed by atoms with E-state index in [1.54, 1.807) is 0 Å². The molecule has 1 heterocycles. The van der Waals surface area contributed by atoms with Crippen LogP contribution in [0.4, 0.5) is 0 Å². The van der Waals surface area contributed by atoms with Crippen LogP contribution >= 0.6 is 0 Å². The maximum Gasteiger partial charge on any atom is 0.340 e. The number of nitrogens with two attached hydrogens (primary N) is 1. The van der Waals surface area contributed by atoms with E-state index in [9.17, 15) is 14.4 Å². The first kappa shape index (κ1) is 21.2. The molecule has 0 aliphatic rings. The van der Waals surface area contributed by atoms with Crippen LogP contribution in [-0.4, -0.2) is 36.6 Å². The van der Waals surface area contributed by atoms with Crippen LogP contribution in [0.15, 0.2) is 30.3 Å². The largest absolute Gasteiger partial charge is 0.465 e. The van der Waals surface area contributed by atoms with Crippen LogP contribution in [0.2, 0.25) is 0 Å². The van der Waals surface area contributed by atoms with E-state index in [0.717, 1.165) is 5.56 Å². The third kappa shape index (κ3) is 4.42. The number of methoxy groups -OCH3 is 2. The van der Waals surface area contributed by atoms with Crippen molar-refractivity contribution in [3.05, 3.63) is 58.4 Å². The molecule has 2 N–H and O–H groups in total. The van der Waals surface area contributed by atoms with Gasteiger partial charge < -0.3 is 19.8 Å². The minimum absolute atomic E-state index is 0.0808. The molecular weight excluding hydrogens is 360 g/mol. The zero-order valence-corrected chi connectivity index (χ0v) is 16.7. The van der Waals surface area contributed by atoms with Crippen molar-refractivity contribution in [2.24, 2.45) is 5.73 Å². The number of aromatic nitrogens is 1. The van der Waals surface area contributed by atoms with E-state index in [-0.39, 0.29) is 30.0 Å². The van der Waals surface area contributed by atoms with Crippen LogP contribution in [0, 0.1) is 0 Å². The van der Waals surface area contributed by atoms with Gasteiger partial charge in [0.1, 0.15) is 0 Å². The minimum atomic E-state index is -0.619. The van der Waals surface area contributed by atoms with Crippen molar-refractivity contribution >= 4 is 17.8 Å². The fourth-order valence-corrected chi connectivity index (χ4v) is 3.37. The molecule has 1 amide bonds. The highest BCUT2D eigenvalue weighted by molar-refractivity contribution is 6.05. The molecule has 0 aliphatic carbocycles. The lowest BCUT2D eigenvalue weighted by molar-refractivity contribution is -0.118. The Morgan fingerprint density at radius 3 is 2.07 bits per heavy atom. The van der Waals surface area contributed by atoms with Gasteiger partial charge in [0.2, 0.25) is 5.91 Å². The monoisotopic (exact) mass is 386 g/mol. The summed E-state index contributed by atoms with van der Waals surface area (Å²) in [5.41, 5.74) is 7.88. The van der Waals surface area contributed by atoms with Crippen LogP contribution in [-0.2, 0) is 27.2 Å². The minimum Gasteiger partial charge on any atom is -0.465 e. The summed E-state index contributed by atoms with van der Waals surface area (Å²) < 4.78 is 11.8. The molecule has 0 saturated heterocycles. The van der Waals surface area contributed by atoms with Crippen LogP contribution in [0.1, 0.15) is 63.9 Å². The average molecular weight is 386 g/mol. The molecule has 150 valence electrons. The Kier molecular flexibility index (Phi) is 6.98. The number of carbonyl (C=O) groups excluding carboxylic acids is 3. The maximum absolute atomic E-state index is 12.7. The molecule has 7 nitrogen and oxygen atoms in total. The van der Waals surface area contributed by atoms with Crippen molar-refractivity contribution in [2.45, 2.75) is 39.2 Å². The summed E-state index contributed by atoms with van der Waals surface area (Å²) in [6.07, 6.45) is 0.470. The average Bonchev–Trinajstić information content (AvgIpc) is 3.00. The Bertz CT molecular complexity index is 869. The second-order valence-electron chi connectivity index (χ2n) is 6.75. The van der Waals surface area contributed by atoms with Crippen molar-refractivity contribution in [1.29, 1.82) is 0 Å². The lowest BCUT2D eigenvalue weighted by atomic mass is 10.0. The number of hydrogen-bond acceptors (Lipinski definition) is 5. The zero-order chi connectivity index (χ0) is 20.8. The third-order valence-electron chi connectivity index (χ3n) is 4.53. The zero-order valence-electron chi connectivity index (χ0n) is 16.7. The third-order valence-corrected chi connectivity index (χ3v) is 4.53. The molecule has 7 heteroatoms. The molecule has 0 spiro atoms. The number of esters is 2. The van der Waals surface area contributed by atoms with E-state index in [0.29, 0.717) is 17.8 Å². The number of ether oxygens (including phenoxy) is 2. The van der Waals surface area contributed by atoms with Gasteiger partial charge in [0.25, 0.3) is 0 Å². The summed E-state index contributed by atoms with van der Waals surface area (Å²) in [5, 5.41) is 0. The van der Waals surface area contributed by atoms with Gasteiger partial charge in [0, 0.05) is 30.8 Å². The predicted octanol–water partition coefficient (Wildman–Crippen LogP) is 2.65. The molecule has 0 unspecified atom stereocenters. The van der Waals surface area contributed by atoms with E-state index < -0.39 is 17.8 Å². The standard InChI is InChI=1S/C21H26N2O5/c1-13(2)19-18(21(26)28-4)17(20(25)27-3)15(23(19)11-10-16(22)24)12-14-8-6-5-7-9-14/h5-9,13H,10-12H2,1-4H3,(H2,22,24). The number of hydrogen-bond donors (Lipinski definition) is 1. The van der Waals surface area contributed by atoms with Crippen molar-refractivity contribution in [2.75, 3.05) is 14.2 Å². The van der Waals surface area contributed by atoms with Crippen LogP contribution in [0.5, 0.6) is 0 Å².